The second-order valence-corrected chi connectivity index (χ2v) is 5.49. The van der Waals surface area contributed by atoms with Crippen molar-refractivity contribution in [1.29, 1.82) is 0 Å². The number of carbonyl (C=O) groups is 2. The van der Waals surface area contributed by atoms with Gasteiger partial charge in [0, 0.05) is 19.5 Å². The number of amides is 2. The van der Waals surface area contributed by atoms with Gasteiger partial charge in [-0.1, -0.05) is 6.07 Å². The maximum absolute atomic E-state index is 12.3. The Hall–Kier alpha value is -3.09. The topological polar surface area (TPSA) is 94.5 Å². The van der Waals surface area contributed by atoms with E-state index >= 15 is 0 Å². The summed E-state index contributed by atoms with van der Waals surface area (Å²) in [6.07, 6.45) is 3.28. The van der Waals surface area contributed by atoms with Crippen LogP contribution in [-0.2, 0) is 11.3 Å². The Balaban J connectivity index is 1.64. The fourth-order valence-electron chi connectivity index (χ4n) is 2.40. The lowest BCUT2D eigenvalue weighted by atomic mass is 10.2. The molecule has 0 spiro atoms. The number of pyridine rings is 1. The number of rotatable bonds is 5. The molecule has 0 saturated carbocycles. The fraction of sp³-hybridized carbons (Fsp3) is 0.235. The first-order valence-electron chi connectivity index (χ1n) is 7.51. The van der Waals surface area contributed by atoms with Crippen LogP contribution >= 0.6 is 0 Å². The van der Waals surface area contributed by atoms with Crippen LogP contribution in [0.25, 0.3) is 0 Å². The standard InChI is InChI=1S/C17H17N3O4/c1-11(20-6-2-3-13(9-20)16(18)21)17(22)19-8-12-4-5-14-15(7-12)24-10-23-14/h2-7,9,11H,8,10H2,1H3,(H2-,18,19,21,22)/p+1/t11-/m1/s1. The van der Waals surface area contributed by atoms with E-state index in [0.29, 0.717) is 23.6 Å². The Labute approximate surface area is 139 Å². The maximum Gasteiger partial charge on any atom is 0.289 e. The van der Waals surface area contributed by atoms with Crippen LogP contribution < -0.4 is 25.1 Å². The molecule has 0 bridgehead atoms. The number of benzene rings is 1. The van der Waals surface area contributed by atoms with E-state index < -0.39 is 11.9 Å². The zero-order valence-electron chi connectivity index (χ0n) is 13.2. The van der Waals surface area contributed by atoms with Gasteiger partial charge in [0.2, 0.25) is 12.8 Å². The first-order chi connectivity index (χ1) is 11.5. The first-order valence-corrected chi connectivity index (χ1v) is 7.51. The molecule has 1 atom stereocenters. The number of nitrogens with two attached hydrogens (primary N) is 1. The lowest BCUT2D eigenvalue weighted by Crippen LogP contribution is -2.46. The largest absolute Gasteiger partial charge is 0.454 e. The Morgan fingerprint density at radius 3 is 2.88 bits per heavy atom. The number of aromatic nitrogens is 1. The first kappa shape index (κ1) is 15.8. The van der Waals surface area contributed by atoms with Crippen molar-refractivity contribution in [1.82, 2.24) is 5.32 Å². The highest BCUT2D eigenvalue weighted by molar-refractivity contribution is 5.92. The van der Waals surface area contributed by atoms with Gasteiger partial charge in [-0.25, -0.2) is 0 Å². The normalized spacial score (nSPS) is 13.4. The van der Waals surface area contributed by atoms with Crippen LogP contribution in [0.1, 0.15) is 28.9 Å². The zero-order chi connectivity index (χ0) is 17.1. The van der Waals surface area contributed by atoms with Crippen molar-refractivity contribution in [3.63, 3.8) is 0 Å². The lowest BCUT2D eigenvalue weighted by molar-refractivity contribution is -0.706. The molecule has 2 heterocycles. The average molecular weight is 328 g/mol. The number of fused-ring (bicyclic) bond motifs is 1. The Morgan fingerprint density at radius 1 is 1.29 bits per heavy atom. The smallest absolute Gasteiger partial charge is 0.289 e. The molecule has 3 N–H and O–H groups in total. The number of hydrogen-bond donors (Lipinski definition) is 2. The predicted octanol–water partition coefficient (Wildman–Crippen LogP) is 0.679. The van der Waals surface area contributed by atoms with E-state index in [1.54, 1.807) is 36.0 Å². The zero-order valence-corrected chi connectivity index (χ0v) is 13.2. The summed E-state index contributed by atoms with van der Waals surface area (Å²) in [5, 5.41) is 2.86. The highest BCUT2D eigenvalue weighted by Crippen LogP contribution is 2.32. The average Bonchev–Trinajstić information content (AvgIpc) is 3.06. The third kappa shape index (κ3) is 3.29. The third-order valence-corrected chi connectivity index (χ3v) is 3.84. The summed E-state index contributed by atoms with van der Waals surface area (Å²) >= 11 is 0. The monoisotopic (exact) mass is 328 g/mol. The van der Waals surface area contributed by atoms with Crippen molar-refractivity contribution < 1.29 is 23.6 Å². The van der Waals surface area contributed by atoms with Gasteiger partial charge >= 0.3 is 0 Å². The van der Waals surface area contributed by atoms with Gasteiger partial charge in [-0.05, 0) is 23.8 Å². The molecule has 1 aromatic carbocycles. The molecule has 2 amide bonds. The lowest BCUT2D eigenvalue weighted by Gasteiger charge is -2.09. The van der Waals surface area contributed by atoms with Gasteiger partial charge in [0.15, 0.2) is 23.9 Å². The molecule has 0 fully saturated rings. The molecule has 0 aliphatic carbocycles. The molecule has 24 heavy (non-hydrogen) atoms. The predicted molar refractivity (Wildman–Crippen MR) is 84.3 cm³/mol. The quantitative estimate of drug-likeness (QED) is 0.789. The van der Waals surface area contributed by atoms with Crippen molar-refractivity contribution in [2.75, 3.05) is 6.79 Å². The minimum atomic E-state index is -0.530. The molecule has 7 heteroatoms. The van der Waals surface area contributed by atoms with Crippen LogP contribution in [0.4, 0.5) is 0 Å². The maximum atomic E-state index is 12.3. The second-order valence-electron chi connectivity index (χ2n) is 5.49. The number of ether oxygens (including phenoxy) is 2. The molecular formula is C17H18N3O4+. The van der Waals surface area contributed by atoms with Crippen molar-refractivity contribution >= 4 is 11.8 Å². The van der Waals surface area contributed by atoms with E-state index in [-0.39, 0.29) is 12.7 Å². The summed E-state index contributed by atoms with van der Waals surface area (Å²) in [4.78, 5) is 23.6. The number of nitrogens with zero attached hydrogens (tertiary/aromatic N) is 1. The highest BCUT2D eigenvalue weighted by Gasteiger charge is 2.23. The minimum absolute atomic E-state index is 0.167. The summed E-state index contributed by atoms with van der Waals surface area (Å²) in [7, 11) is 0. The minimum Gasteiger partial charge on any atom is -0.454 e. The van der Waals surface area contributed by atoms with Gasteiger partial charge in [-0.15, -0.1) is 0 Å². The van der Waals surface area contributed by atoms with E-state index in [2.05, 4.69) is 5.32 Å². The summed E-state index contributed by atoms with van der Waals surface area (Å²) in [6, 6.07) is 8.35. The van der Waals surface area contributed by atoms with Crippen LogP contribution in [0.3, 0.4) is 0 Å². The van der Waals surface area contributed by atoms with Gasteiger partial charge in [0.1, 0.15) is 5.56 Å². The van der Waals surface area contributed by atoms with E-state index in [1.165, 1.54) is 0 Å². The molecule has 7 nitrogen and oxygen atoms in total. The van der Waals surface area contributed by atoms with Gasteiger partial charge in [-0.2, -0.15) is 4.57 Å². The second kappa shape index (κ2) is 6.57. The van der Waals surface area contributed by atoms with E-state index in [9.17, 15) is 9.59 Å². The van der Waals surface area contributed by atoms with Crippen molar-refractivity contribution in [3.8, 4) is 11.5 Å². The molecular weight excluding hydrogens is 310 g/mol. The molecule has 124 valence electrons. The summed E-state index contributed by atoms with van der Waals surface area (Å²) in [5.41, 5.74) is 6.53. The molecule has 1 aliphatic heterocycles. The van der Waals surface area contributed by atoms with Crippen LogP contribution in [0.15, 0.2) is 42.7 Å². The molecule has 0 unspecified atom stereocenters. The van der Waals surface area contributed by atoms with Gasteiger partial charge in [0.05, 0.1) is 0 Å². The summed E-state index contributed by atoms with van der Waals surface area (Å²) in [6.45, 7) is 2.34. The highest BCUT2D eigenvalue weighted by atomic mass is 16.7. The van der Waals surface area contributed by atoms with Crippen molar-refractivity contribution in [2.24, 2.45) is 5.73 Å². The number of hydrogen-bond acceptors (Lipinski definition) is 4. The number of primary amides is 1. The Kier molecular flexibility index (Phi) is 4.33. The fourth-order valence-corrected chi connectivity index (χ4v) is 2.40. The molecule has 1 aromatic heterocycles. The molecule has 2 aromatic rings. The van der Waals surface area contributed by atoms with E-state index in [1.807, 2.05) is 18.2 Å². The molecule has 1 aliphatic rings. The van der Waals surface area contributed by atoms with E-state index in [4.69, 9.17) is 15.2 Å². The molecule has 3 rings (SSSR count). The van der Waals surface area contributed by atoms with Crippen LogP contribution in [-0.4, -0.2) is 18.6 Å². The summed E-state index contributed by atoms with van der Waals surface area (Å²) in [5.74, 6) is 0.687. The SMILES string of the molecule is C[C@H](C(=O)NCc1ccc2c(c1)OCO2)[n+]1cccc(C(N)=O)c1. The number of carbonyl (C=O) groups excluding carboxylic acids is 2. The van der Waals surface area contributed by atoms with Crippen molar-refractivity contribution in [2.45, 2.75) is 19.5 Å². The number of nitrogens with one attached hydrogen (secondary N) is 1. The summed E-state index contributed by atoms with van der Waals surface area (Å²) < 4.78 is 12.2. The van der Waals surface area contributed by atoms with Gasteiger partial charge in [-0.3, -0.25) is 9.59 Å². The van der Waals surface area contributed by atoms with Gasteiger partial charge < -0.3 is 20.5 Å². The van der Waals surface area contributed by atoms with E-state index in [0.717, 1.165) is 5.56 Å². The van der Waals surface area contributed by atoms with Crippen LogP contribution in [0.2, 0.25) is 0 Å². The van der Waals surface area contributed by atoms with Gasteiger partial charge in [0.25, 0.3) is 11.8 Å². The van der Waals surface area contributed by atoms with Crippen molar-refractivity contribution in [3.05, 3.63) is 53.9 Å². The van der Waals surface area contributed by atoms with Crippen LogP contribution in [0.5, 0.6) is 11.5 Å². The third-order valence-electron chi connectivity index (χ3n) is 3.84. The van der Waals surface area contributed by atoms with Crippen LogP contribution in [0, 0.1) is 0 Å². The molecule has 0 radical (unpaired) electrons. The molecule has 0 saturated heterocycles. The Morgan fingerprint density at radius 2 is 2.08 bits per heavy atom. The Bertz CT molecular complexity index is 791.